The van der Waals surface area contributed by atoms with E-state index in [2.05, 4.69) is 23.6 Å². The van der Waals surface area contributed by atoms with Crippen molar-refractivity contribution >= 4 is 5.91 Å². The Balaban J connectivity index is 2.12. The monoisotopic (exact) mass is 290 g/mol. The molecule has 1 aromatic rings. The van der Waals surface area contributed by atoms with Crippen LogP contribution in [0.2, 0.25) is 0 Å². The summed E-state index contributed by atoms with van der Waals surface area (Å²) in [5, 5.41) is 6.47. The first-order valence-corrected chi connectivity index (χ1v) is 7.62. The largest absolute Gasteiger partial charge is 0.496 e. The molecule has 2 N–H and O–H groups in total. The van der Waals surface area contributed by atoms with Crippen molar-refractivity contribution in [2.24, 2.45) is 5.41 Å². The van der Waals surface area contributed by atoms with Crippen LogP contribution in [0.15, 0.2) is 18.2 Å². The van der Waals surface area contributed by atoms with Gasteiger partial charge in [-0.15, -0.1) is 0 Å². The van der Waals surface area contributed by atoms with E-state index < -0.39 is 0 Å². The summed E-state index contributed by atoms with van der Waals surface area (Å²) in [6, 6.07) is 6.00. The SMILES string of the molecule is COc1ccc(C)cc1C(C)NC(=O)C1(C)CCNCC1. The minimum atomic E-state index is -0.267. The standard InChI is InChI=1S/C17H26N2O2/c1-12-5-6-15(21-4)14(11-12)13(2)19-16(20)17(3)7-9-18-10-8-17/h5-6,11,13,18H,7-10H2,1-4H3,(H,19,20). The minimum Gasteiger partial charge on any atom is -0.496 e. The van der Waals surface area contributed by atoms with Crippen LogP contribution in [0.25, 0.3) is 0 Å². The summed E-state index contributed by atoms with van der Waals surface area (Å²) >= 11 is 0. The molecule has 116 valence electrons. The van der Waals surface area contributed by atoms with Crippen molar-refractivity contribution in [2.75, 3.05) is 20.2 Å². The maximum Gasteiger partial charge on any atom is 0.226 e. The fourth-order valence-corrected chi connectivity index (χ4v) is 2.85. The molecule has 1 saturated heterocycles. The van der Waals surface area contributed by atoms with E-state index in [0.29, 0.717) is 0 Å². The third-order valence-electron chi connectivity index (χ3n) is 4.45. The number of piperidine rings is 1. The molecule has 1 aliphatic rings. The highest BCUT2D eigenvalue weighted by Crippen LogP contribution is 2.31. The molecule has 1 aliphatic heterocycles. The summed E-state index contributed by atoms with van der Waals surface area (Å²) in [6.07, 6.45) is 1.77. The summed E-state index contributed by atoms with van der Waals surface area (Å²) in [7, 11) is 1.66. The molecule has 0 spiro atoms. The number of rotatable bonds is 4. The summed E-state index contributed by atoms with van der Waals surface area (Å²) in [5.41, 5.74) is 1.93. The van der Waals surface area contributed by atoms with Gasteiger partial charge >= 0.3 is 0 Å². The zero-order valence-electron chi connectivity index (χ0n) is 13.5. The van der Waals surface area contributed by atoms with E-state index in [9.17, 15) is 4.79 Å². The zero-order chi connectivity index (χ0) is 15.5. The van der Waals surface area contributed by atoms with Crippen LogP contribution in [-0.2, 0) is 4.79 Å². The third-order valence-corrected chi connectivity index (χ3v) is 4.45. The topological polar surface area (TPSA) is 50.4 Å². The first kappa shape index (κ1) is 15.8. The lowest BCUT2D eigenvalue weighted by Crippen LogP contribution is -2.46. The number of aryl methyl sites for hydroxylation is 1. The molecule has 2 rings (SSSR count). The Kier molecular flexibility index (Phi) is 4.88. The number of benzene rings is 1. The fourth-order valence-electron chi connectivity index (χ4n) is 2.85. The molecule has 4 heteroatoms. The highest BCUT2D eigenvalue weighted by Gasteiger charge is 2.35. The predicted octanol–water partition coefficient (Wildman–Crippen LogP) is 2.57. The average molecular weight is 290 g/mol. The molecule has 0 aromatic heterocycles. The molecule has 1 atom stereocenters. The molecule has 0 saturated carbocycles. The number of carbonyl (C=O) groups is 1. The molecule has 4 nitrogen and oxygen atoms in total. The first-order valence-electron chi connectivity index (χ1n) is 7.62. The van der Waals surface area contributed by atoms with Gasteiger partial charge in [0.25, 0.3) is 0 Å². The minimum absolute atomic E-state index is 0.0564. The second-order valence-electron chi connectivity index (χ2n) is 6.25. The third kappa shape index (κ3) is 3.56. The van der Waals surface area contributed by atoms with E-state index in [0.717, 1.165) is 37.2 Å². The highest BCUT2D eigenvalue weighted by molar-refractivity contribution is 5.82. The lowest BCUT2D eigenvalue weighted by Gasteiger charge is -2.34. The van der Waals surface area contributed by atoms with Gasteiger partial charge in [0.05, 0.1) is 13.2 Å². The summed E-state index contributed by atoms with van der Waals surface area (Å²) in [4.78, 5) is 12.6. The lowest BCUT2D eigenvalue weighted by molar-refractivity contribution is -0.132. The maximum atomic E-state index is 12.6. The predicted molar refractivity (Wildman–Crippen MR) is 84.5 cm³/mol. The zero-order valence-corrected chi connectivity index (χ0v) is 13.5. The van der Waals surface area contributed by atoms with Crippen molar-refractivity contribution in [1.82, 2.24) is 10.6 Å². The Hall–Kier alpha value is -1.55. The number of nitrogens with one attached hydrogen (secondary N) is 2. The van der Waals surface area contributed by atoms with E-state index in [1.165, 1.54) is 5.56 Å². The van der Waals surface area contributed by atoms with Crippen LogP contribution >= 0.6 is 0 Å². The fraction of sp³-hybridized carbons (Fsp3) is 0.588. The van der Waals surface area contributed by atoms with Crippen molar-refractivity contribution in [3.05, 3.63) is 29.3 Å². The molecular formula is C17H26N2O2. The van der Waals surface area contributed by atoms with Gasteiger partial charge in [-0.2, -0.15) is 0 Å². The highest BCUT2D eigenvalue weighted by atomic mass is 16.5. The van der Waals surface area contributed by atoms with Crippen LogP contribution in [0.1, 0.15) is 43.9 Å². The van der Waals surface area contributed by atoms with Crippen LogP contribution in [-0.4, -0.2) is 26.1 Å². The van der Waals surface area contributed by atoms with Crippen molar-refractivity contribution < 1.29 is 9.53 Å². The number of hydrogen-bond acceptors (Lipinski definition) is 3. The van der Waals surface area contributed by atoms with Gasteiger partial charge in [0.1, 0.15) is 5.75 Å². The van der Waals surface area contributed by atoms with Crippen LogP contribution in [0.3, 0.4) is 0 Å². The number of ether oxygens (including phenoxy) is 1. The summed E-state index contributed by atoms with van der Waals surface area (Å²) in [6.45, 7) is 7.94. The quantitative estimate of drug-likeness (QED) is 0.896. The van der Waals surface area contributed by atoms with Gasteiger partial charge in [0.15, 0.2) is 0 Å². The van der Waals surface area contributed by atoms with Crippen molar-refractivity contribution in [3.63, 3.8) is 0 Å². The smallest absolute Gasteiger partial charge is 0.226 e. The average Bonchev–Trinajstić information content (AvgIpc) is 2.47. The number of carbonyl (C=O) groups excluding carboxylic acids is 1. The van der Waals surface area contributed by atoms with E-state index in [1.54, 1.807) is 7.11 Å². The molecule has 21 heavy (non-hydrogen) atoms. The van der Waals surface area contributed by atoms with Gasteiger partial charge in [-0.1, -0.05) is 24.6 Å². The van der Waals surface area contributed by atoms with Gasteiger partial charge in [-0.3, -0.25) is 4.79 Å². The number of hydrogen-bond donors (Lipinski definition) is 2. The summed E-state index contributed by atoms with van der Waals surface area (Å²) < 4.78 is 5.41. The first-order chi connectivity index (χ1) is 9.96. The van der Waals surface area contributed by atoms with E-state index in [1.807, 2.05) is 26.0 Å². The number of methoxy groups -OCH3 is 1. The van der Waals surface area contributed by atoms with E-state index in [4.69, 9.17) is 4.74 Å². The molecule has 0 aliphatic carbocycles. The molecule has 1 heterocycles. The lowest BCUT2D eigenvalue weighted by atomic mass is 9.80. The molecule has 1 fully saturated rings. The van der Waals surface area contributed by atoms with Crippen LogP contribution in [0, 0.1) is 12.3 Å². The van der Waals surface area contributed by atoms with Gasteiger partial charge in [0.2, 0.25) is 5.91 Å². The Labute approximate surface area is 127 Å². The van der Waals surface area contributed by atoms with Crippen molar-refractivity contribution in [1.29, 1.82) is 0 Å². The second-order valence-corrected chi connectivity index (χ2v) is 6.25. The molecular weight excluding hydrogens is 264 g/mol. The van der Waals surface area contributed by atoms with Gasteiger partial charge in [-0.05, 0) is 45.8 Å². The number of amides is 1. The van der Waals surface area contributed by atoms with Gasteiger partial charge in [-0.25, -0.2) is 0 Å². The Morgan fingerprint density at radius 3 is 2.67 bits per heavy atom. The second kappa shape index (κ2) is 6.48. The Morgan fingerprint density at radius 1 is 1.38 bits per heavy atom. The van der Waals surface area contributed by atoms with Crippen LogP contribution in [0.4, 0.5) is 0 Å². The Morgan fingerprint density at radius 2 is 2.05 bits per heavy atom. The van der Waals surface area contributed by atoms with Gasteiger partial charge < -0.3 is 15.4 Å². The molecule has 0 bridgehead atoms. The van der Waals surface area contributed by atoms with Crippen LogP contribution in [0.5, 0.6) is 5.75 Å². The van der Waals surface area contributed by atoms with Gasteiger partial charge in [0, 0.05) is 11.0 Å². The van der Waals surface area contributed by atoms with Crippen molar-refractivity contribution in [2.45, 2.75) is 39.7 Å². The summed E-state index contributed by atoms with van der Waals surface area (Å²) in [5.74, 6) is 0.962. The molecule has 0 radical (unpaired) electrons. The molecule has 1 aromatic carbocycles. The Bertz CT molecular complexity index is 508. The van der Waals surface area contributed by atoms with Crippen LogP contribution < -0.4 is 15.4 Å². The molecule has 1 unspecified atom stereocenters. The van der Waals surface area contributed by atoms with E-state index >= 15 is 0 Å². The van der Waals surface area contributed by atoms with Crippen molar-refractivity contribution in [3.8, 4) is 5.75 Å². The maximum absolute atomic E-state index is 12.6. The normalized spacial score (nSPS) is 18.9. The van der Waals surface area contributed by atoms with E-state index in [-0.39, 0.29) is 17.4 Å². The molecule has 1 amide bonds.